The zero-order valence-corrected chi connectivity index (χ0v) is 14.8. The molecule has 0 spiro atoms. The molecule has 0 saturated carbocycles. The van der Waals surface area contributed by atoms with Gasteiger partial charge in [-0.05, 0) is 48.9 Å². The van der Waals surface area contributed by atoms with Gasteiger partial charge in [-0.25, -0.2) is 9.59 Å². The van der Waals surface area contributed by atoms with Crippen molar-refractivity contribution in [2.75, 3.05) is 5.32 Å². The smallest absolute Gasteiger partial charge is 0.339 e. The van der Waals surface area contributed by atoms with Crippen molar-refractivity contribution >= 4 is 39.5 Å². The van der Waals surface area contributed by atoms with Gasteiger partial charge in [-0.1, -0.05) is 22.0 Å². The van der Waals surface area contributed by atoms with E-state index in [0.717, 1.165) is 10.0 Å². The van der Waals surface area contributed by atoms with E-state index < -0.39 is 23.4 Å². The zero-order valence-electron chi connectivity index (χ0n) is 13.2. The number of hydrogen-bond acceptors (Lipinski definition) is 4. The number of esters is 1. The van der Waals surface area contributed by atoms with E-state index in [1.54, 1.807) is 25.1 Å². The summed E-state index contributed by atoms with van der Waals surface area (Å²) in [4.78, 5) is 35.7. The summed E-state index contributed by atoms with van der Waals surface area (Å²) in [5.41, 5.74) is 0.370. The highest BCUT2D eigenvalue weighted by Crippen LogP contribution is 2.31. The maximum absolute atomic E-state index is 12.6. The predicted octanol–water partition coefficient (Wildman–Crippen LogP) is 3.26. The van der Waals surface area contributed by atoms with Crippen LogP contribution >= 0.6 is 15.9 Å². The molecule has 2 aromatic carbocycles. The number of cyclic esters (lactones) is 1. The highest BCUT2D eigenvalue weighted by molar-refractivity contribution is 9.10. The first kappa shape index (κ1) is 17.2. The van der Waals surface area contributed by atoms with Gasteiger partial charge in [0.25, 0.3) is 5.91 Å². The van der Waals surface area contributed by atoms with Crippen LogP contribution in [0.4, 0.5) is 5.69 Å². The first-order valence-electron chi connectivity index (χ1n) is 7.45. The number of carbonyl (C=O) groups is 3. The lowest BCUT2D eigenvalue weighted by molar-refractivity contribution is -0.134. The number of anilines is 1. The van der Waals surface area contributed by atoms with Gasteiger partial charge in [0.05, 0.1) is 11.1 Å². The molecule has 2 aromatic rings. The number of ether oxygens (including phenoxy) is 1. The molecule has 1 amide bonds. The van der Waals surface area contributed by atoms with Crippen LogP contribution in [0, 0.1) is 0 Å². The Labute approximate surface area is 151 Å². The molecule has 1 heterocycles. The summed E-state index contributed by atoms with van der Waals surface area (Å²) >= 11 is 3.31. The Kier molecular flexibility index (Phi) is 4.34. The number of fused-ring (bicyclic) bond motifs is 1. The van der Waals surface area contributed by atoms with E-state index in [2.05, 4.69) is 21.2 Å². The third kappa shape index (κ3) is 3.41. The van der Waals surface area contributed by atoms with E-state index in [1.165, 1.54) is 24.3 Å². The van der Waals surface area contributed by atoms with Crippen molar-refractivity contribution in [1.29, 1.82) is 0 Å². The van der Waals surface area contributed by atoms with Crippen molar-refractivity contribution in [2.45, 2.75) is 18.9 Å². The lowest BCUT2D eigenvalue weighted by Crippen LogP contribution is -2.48. The Bertz CT molecular complexity index is 878. The van der Waals surface area contributed by atoms with Crippen molar-refractivity contribution in [2.24, 2.45) is 0 Å². The van der Waals surface area contributed by atoms with Crippen molar-refractivity contribution < 1.29 is 24.2 Å². The molecule has 0 saturated heterocycles. The largest absolute Gasteiger partial charge is 0.478 e. The van der Waals surface area contributed by atoms with Crippen LogP contribution in [0.2, 0.25) is 0 Å². The minimum absolute atomic E-state index is 0.118. The maximum Gasteiger partial charge on any atom is 0.339 e. The number of halogens is 1. The number of aromatic carboxylic acids is 1. The highest BCUT2D eigenvalue weighted by Gasteiger charge is 2.42. The summed E-state index contributed by atoms with van der Waals surface area (Å²) in [5.74, 6) is -2.08. The first-order chi connectivity index (χ1) is 11.8. The summed E-state index contributed by atoms with van der Waals surface area (Å²) in [6.45, 7) is 1.55. The fourth-order valence-corrected chi connectivity index (χ4v) is 3.00. The Morgan fingerprint density at radius 2 is 1.88 bits per heavy atom. The van der Waals surface area contributed by atoms with Crippen LogP contribution in [0.3, 0.4) is 0 Å². The minimum atomic E-state index is -1.34. The highest BCUT2D eigenvalue weighted by atomic mass is 79.9. The van der Waals surface area contributed by atoms with Crippen molar-refractivity contribution in [3.05, 3.63) is 63.6 Å². The lowest BCUT2D eigenvalue weighted by atomic mass is 9.89. The fourth-order valence-electron chi connectivity index (χ4n) is 2.64. The van der Waals surface area contributed by atoms with Gasteiger partial charge >= 0.3 is 11.9 Å². The standard InChI is InChI=1S/C18H14BrNO5/c1-18(9-11-2-5-12(19)8-14(11)16(23)25-18)17(24)20-13-6-3-10(4-7-13)15(21)22/h2-8H,9H2,1H3,(H,20,24)(H,21,22)/t18-/m0/s1. The number of amides is 1. The molecule has 0 radical (unpaired) electrons. The van der Waals surface area contributed by atoms with Gasteiger partial charge in [-0.2, -0.15) is 0 Å². The van der Waals surface area contributed by atoms with Gasteiger partial charge in [0.1, 0.15) is 0 Å². The van der Waals surface area contributed by atoms with Gasteiger partial charge in [0.15, 0.2) is 5.60 Å². The summed E-state index contributed by atoms with van der Waals surface area (Å²) in [7, 11) is 0. The molecule has 3 rings (SSSR count). The van der Waals surface area contributed by atoms with Crippen molar-refractivity contribution in [3.63, 3.8) is 0 Å². The van der Waals surface area contributed by atoms with Crippen LogP contribution in [0.15, 0.2) is 46.9 Å². The summed E-state index contributed by atoms with van der Waals surface area (Å²) in [6.07, 6.45) is 0.250. The topological polar surface area (TPSA) is 92.7 Å². The summed E-state index contributed by atoms with van der Waals surface area (Å²) in [5, 5.41) is 11.6. The molecule has 25 heavy (non-hydrogen) atoms. The number of carboxylic acids is 1. The normalized spacial score (nSPS) is 18.9. The second kappa shape index (κ2) is 6.33. The van der Waals surface area contributed by atoms with E-state index >= 15 is 0 Å². The molecule has 6 nitrogen and oxygen atoms in total. The van der Waals surface area contributed by atoms with Crippen LogP contribution in [-0.4, -0.2) is 28.6 Å². The third-order valence-electron chi connectivity index (χ3n) is 4.01. The van der Waals surface area contributed by atoms with Gasteiger partial charge in [0.2, 0.25) is 0 Å². The number of hydrogen-bond donors (Lipinski definition) is 2. The summed E-state index contributed by atoms with van der Waals surface area (Å²) < 4.78 is 6.14. The van der Waals surface area contributed by atoms with E-state index in [9.17, 15) is 14.4 Å². The van der Waals surface area contributed by atoms with Crippen molar-refractivity contribution in [1.82, 2.24) is 0 Å². The Morgan fingerprint density at radius 1 is 1.20 bits per heavy atom. The van der Waals surface area contributed by atoms with E-state index in [1.807, 2.05) is 0 Å². The van der Waals surface area contributed by atoms with Gasteiger partial charge in [-0.15, -0.1) is 0 Å². The van der Waals surface area contributed by atoms with E-state index in [0.29, 0.717) is 11.3 Å². The second-order valence-corrected chi connectivity index (χ2v) is 6.85. The average Bonchev–Trinajstić information content (AvgIpc) is 2.56. The molecule has 0 aromatic heterocycles. The maximum atomic E-state index is 12.6. The average molecular weight is 404 g/mol. The SMILES string of the molecule is C[C@@]1(C(=O)Nc2ccc(C(=O)O)cc2)Cc2ccc(Br)cc2C(=O)O1. The third-order valence-corrected chi connectivity index (χ3v) is 4.50. The zero-order chi connectivity index (χ0) is 18.2. The molecule has 2 N–H and O–H groups in total. The molecule has 128 valence electrons. The molecular weight excluding hydrogens is 390 g/mol. The molecule has 1 aliphatic rings. The molecule has 0 bridgehead atoms. The molecule has 1 aliphatic heterocycles. The van der Waals surface area contributed by atoms with Crippen LogP contribution in [0.25, 0.3) is 0 Å². The summed E-state index contributed by atoms with van der Waals surface area (Å²) in [6, 6.07) is 11.0. The Hall–Kier alpha value is -2.67. The number of rotatable bonds is 3. The molecule has 0 aliphatic carbocycles. The second-order valence-electron chi connectivity index (χ2n) is 5.94. The predicted molar refractivity (Wildman–Crippen MR) is 93.7 cm³/mol. The van der Waals surface area contributed by atoms with Crippen LogP contribution < -0.4 is 5.32 Å². The molecule has 0 fully saturated rings. The van der Waals surface area contributed by atoms with Crippen molar-refractivity contribution in [3.8, 4) is 0 Å². The minimum Gasteiger partial charge on any atom is -0.478 e. The quantitative estimate of drug-likeness (QED) is 0.767. The van der Waals surface area contributed by atoms with Gasteiger partial charge in [-0.3, -0.25) is 4.79 Å². The monoisotopic (exact) mass is 403 g/mol. The number of benzene rings is 2. The van der Waals surface area contributed by atoms with E-state index in [4.69, 9.17) is 9.84 Å². The van der Waals surface area contributed by atoms with Gasteiger partial charge < -0.3 is 15.2 Å². The van der Waals surface area contributed by atoms with Gasteiger partial charge in [0, 0.05) is 16.6 Å². The molecule has 7 heteroatoms. The number of carbonyl (C=O) groups excluding carboxylic acids is 2. The molecular formula is C18H14BrNO5. The number of carboxylic acid groups (broad SMARTS) is 1. The lowest BCUT2D eigenvalue weighted by Gasteiger charge is -2.33. The van der Waals surface area contributed by atoms with Crippen LogP contribution in [-0.2, 0) is 16.0 Å². The molecule has 0 unspecified atom stereocenters. The fraction of sp³-hybridized carbons (Fsp3) is 0.167. The Balaban J connectivity index is 1.81. The number of nitrogens with one attached hydrogen (secondary N) is 1. The van der Waals surface area contributed by atoms with Crippen LogP contribution in [0.1, 0.15) is 33.2 Å². The first-order valence-corrected chi connectivity index (χ1v) is 8.24. The van der Waals surface area contributed by atoms with Crippen LogP contribution in [0.5, 0.6) is 0 Å². The Morgan fingerprint density at radius 3 is 2.52 bits per heavy atom. The molecule has 1 atom stereocenters. The van der Waals surface area contributed by atoms with E-state index in [-0.39, 0.29) is 12.0 Å².